The van der Waals surface area contributed by atoms with Crippen LogP contribution in [0.15, 0.2) is 24.3 Å². The number of ether oxygens (including phenoxy) is 1. The van der Waals surface area contributed by atoms with E-state index in [0.29, 0.717) is 19.8 Å². The Morgan fingerprint density at radius 2 is 2.24 bits per heavy atom. The van der Waals surface area contributed by atoms with Gasteiger partial charge in [0.15, 0.2) is 0 Å². The third-order valence-electron chi connectivity index (χ3n) is 3.65. The van der Waals surface area contributed by atoms with Crippen LogP contribution in [0.2, 0.25) is 0 Å². The first-order valence-electron chi connectivity index (χ1n) is 7.47. The molecule has 1 aliphatic heterocycles. The van der Waals surface area contributed by atoms with Crippen LogP contribution in [0.1, 0.15) is 32.3 Å². The third-order valence-corrected chi connectivity index (χ3v) is 5.19. The average Bonchev–Trinajstić information content (AvgIpc) is 2.92. The van der Waals surface area contributed by atoms with E-state index in [1.807, 2.05) is 43.0 Å². The predicted molar refractivity (Wildman–Crippen MR) is 88.9 cm³/mol. The van der Waals surface area contributed by atoms with E-state index in [1.165, 1.54) is 18.6 Å². The minimum absolute atomic E-state index is 0.146. The Balaban J connectivity index is 1.87. The molecule has 1 saturated heterocycles. The van der Waals surface area contributed by atoms with Crippen LogP contribution in [0.4, 0.5) is 10.5 Å². The van der Waals surface area contributed by atoms with Crippen LogP contribution in [0.5, 0.6) is 0 Å². The van der Waals surface area contributed by atoms with Crippen molar-refractivity contribution < 1.29 is 9.53 Å². The molecule has 0 unspecified atom stereocenters. The third kappa shape index (κ3) is 4.93. The molecular formula is C16H24N2O2S. The zero-order valence-corrected chi connectivity index (χ0v) is 13.6. The fourth-order valence-corrected chi connectivity index (χ4v) is 3.63. The van der Waals surface area contributed by atoms with Crippen molar-refractivity contribution in [1.82, 2.24) is 5.32 Å². The first-order valence-corrected chi connectivity index (χ1v) is 8.46. The second kappa shape index (κ2) is 7.71. The zero-order valence-electron chi connectivity index (χ0n) is 12.8. The molecule has 1 aromatic carbocycles. The molecule has 1 atom stereocenters. The number of hydrogen-bond donors (Lipinski definition) is 2. The number of rotatable bonds is 6. The van der Waals surface area contributed by atoms with Gasteiger partial charge in [0.05, 0.1) is 6.61 Å². The summed E-state index contributed by atoms with van der Waals surface area (Å²) in [5.74, 6) is 1.19. The Morgan fingerprint density at radius 1 is 1.43 bits per heavy atom. The van der Waals surface area contributed by atoms with E-state index in [0.717, 1.165) is 11.3 Å². The summed E-state index contributed by atoms with van der Waals surface area (Å²) in [6, 6.07) is 7.60. The second-order valence-corrected chi connectivity index (χ2v) is 7.19. The molecule has 21 heavy (non-hydrogen) atoms. The number of carbonyl (C=O) groups is 1. The summed E-state index contributed by atoms with van der Waals surface area (Å²) in [6.45, 7) is 6.06. The first-order chi connectivity index (χ1) is 10.1. The molecule has 2 N–H and O–H groups in total. The monoisotopic (exact) mass is 308 g/mol. The van der Waals surface area contributed by atoms with Gasteiger partial charge in [0.25, 0.3) is 0 Å². The molecule has 4 nitrogen and oxygen atoms in total. The van der Waals surface area contributed by atoms with Gasteiger partial charge in [-0.3, -0.25) is 0 Å². The van der Waals surface area contributed by atoms with Gasteiger partial charge in [0.2, 0.25) is 0 Å². The van der Waals surface area contributed by atoms with Crippen LogP contribution in [0.3, 0.4) is 0 Å². The van der Waals surface area contributed by atoms with Crippen LogP contribution in [0, 0.1) is 0 Å². The molecule has 0 aliphatic carbocycles. The van der Waals surface area contributed by atoms with Crippen LogP contribution in [-0.4, -0.2) is 29.7 Å². The standard InChI is InChI=1S/C16H24N2O2S/c1-3-20-11-13-7-4-5-8-14(13)18-15(19)17-12-16(2)9-6-10-21-16/h4-5,7-8H,3,6,9-12H2,1-2H3,(H2,17,18,19)/t16-/m1/s1. The van der Waals surface area contributed by atoms with Gasteiger partial charge in [-0.25, -0.2) is 4.79 Å². The van der Waals surface area contributed by atoms with Gasteiger partial charge in [0.1, 0.15) is 0 Å². The second-order valence-electron chi connectivity index (χ2n) is 5.50. The number of anilines is 1. The largest absolute Gasteiger partial charge is 0.377 e. The number of benzene rings is 1. The van der Waals surface area contributed by atoms with Gasteiger partial charge in [0, 0.05) is 29.1 Å². The van der Waals surface area contributed by atoms with E-state index in [4.69, 9.17) is 4.74 Å². The van der Waals surface area contributed by atoms with Crippen molar-refractivity contribution in [2.75, 3.05) is 24.2 Å². The molecular weight excluding hydrogens is 284 g/mol. The Labute approximate surface area is 131 Å². The van der Waals surface area contributed by atoms with Gasteiger partial charge < -0.3 is 15.4 Å². The highest BCUT2D eigenvalue weighted by molar-refractivity contribution is 8.00. The number of hydrogen-bond acceptors (Lipinski definition) is 3. The summed E-state index contributed by atoms with van der Waals surface area (Å²) < 4.78 is 5.61. The number of para-hydroxylation sites is 1. The molecule has 116 valence electrons. The molecule has 1 heterocycles. The summed E-state index contributed by atoms with van der Waals surface area (Å²) in [6.07, 6.45) is 2.40. The Bertz CT molecular complexity index is 473. The SMILES string of the molecule is CCOCc1ccccc1NC(=O)NC[C@@]1(C)CCCS1. The van der Waals surface area contributed by atoms with E-state index >= 15 is 0 Å². The lowest BCUT2D eigenvalue weighted by Crippen LogP contribution is -2.39. The molecule has 0 aromatic heterocycles. The van der Waals surface area contributed by atoms with Gasteiger partial charge >= 0.3 is 6.03 Å². The van der Waals surface area contributed by atoms with E-state index in [1.54, 1.807) is 0 Å². The van der Waals surface area contributed by atoms with Crippen LogP contribution < -0.4 is 10.6 Å². The lowest BCUT2D eigenvalue weighted by molar-refractivity contribution is 0.134. The van der Waals surface area contributed by atoms with E-state index in [9.17, 15) is 4.79 Å². The van der Waals surface area contributed by atoms with Gasteiger partial charge in [-0.05, 0) is 38.5 Å². The molecule has 0 radical (unpaired) electrons. The Kier molecular flexibility index (Phi) is 5.94. The van der Waals surface area contributed by atoms with E-state index < -0.39 is 0 Å². The van der Waals surface area contributed by atoms with Crippen molar-refractivity contribution in [3.63, 3.8) is 0 Å². The maximum atomic E-state index is 12.1. The summed E-state index contributed by atoms with van der Waals surface area (Å²) in [7, 11) is 0. The summed E-state index contributed by atoms with van der Waals surface area (Å²) in [5, 5.41) is 5.91. The van der Waals surface area contributed by atoms with Crippen molar-refractivity contribution >= 4 is 23.5 Å². The highest BCUT2D eigenvalue weighted by Crippen LogP contribution is 2.36. The van der Waals surface area contributed by atoms with Crippen molar-refractivity contribution in [3.8, 4) is 0 Å². The normalized spacial score (nSPS) is 21.2. The van der Waals surface area contributed by atoms with Gasteiger partial charge in [-0.2, -0.15) is 11.8 Å². The van der Waals surface area contributed by atoms with Crippen LogP contribution in [-0.2, 0) is 11.3 Å². The minimum atomic E-state index is -0.146. The smallest absolute Gasteiger partial charge is 0.319 e. The molecule has 1 aromatic rings. The Morgan fingerprint density at radius 3 is 2.95 bits per heavy atom. The summed E-state index contributed by atoms with van der Waals surface area (Å²) in [5.41, 5.74) is 1.81. The van der Waals surface area contributed by atoms with Crippen LogP contribution >= 0.6 is 11.8 Å². The quantitative estimate of drug-likeness (QED) is 0.843. The fourth-order valence-electron chi connectivity index (χ4n) is 2.39. The molecule has 2 amide bonds. The predicted octanol–water partition coefficient (Wildman–Crippen LogP) is 3.63. The molecule has 0 bridgehead atoms. The number of thioether (sulfide) groups is 1. The molecule has 0 spiro atoms. The maximum Gasteiger partial charge on any atom is 0.319 e. The van der Waals surface area contributed by atoms with Gasteiger partial charge in [-0.1, -0.05) is 18.2 Å². The summed E-state index contributed by atoms with van der Waals surface area (Å²) in [4.78, 5) is 12.1. The van der Waals surface area contributed by atoms with Crippen molar-refractivity contribution in [3.05, 3.63) is 29.8 Å². The highest BCUT2D eigenvalue weighted by Gasteiger charge is 2.29. The molecule has 2 rings (SSSR count). The number of amides is 2. The Hall–Kier alpha value is -1.20. The van der Waals surface area contributed by atoms with Crippen molar-refractivity contribution in [2.45, 2.75) is 38.0 Å². The molecule has 5 heteroatoms. The fraction of sp³-hybridized carbons (Fsp3) is 0.562. The van der Waals surface area contributed by atoms with E-state index in [2.05, 4.69) is 17.6 Å². The minimum Gasteiger partial charge on any atom is -0.377 e. The number of carbonyl (C=O) groups excluding carboxylic acids is 1. The van der Waals surface area contributed by atoms with Crippen LogP contribution in [0.25, 0.3) is 0 Å². The highest BCUT2D eigenvalue weighted by atomic mass is 32.2. The topological polar surface area (TPSA) is 50.4 Å². The lowest BCUT2D eigenvalue weighted by Gasteiger charge is -2.23. The first kappa shape index (κ1) is 16.2. The maximum absolute atomic E-state index is 12.1. The van der Waals surface area contributed by atoms with Crippen molar-refractivity contribution in [1.29, 1.82) is 0 Å². The lowest BCUT2D eigenvalue weighted by atomic mass is 10.1. The number of nitrogens with one attached hydrogen (secondary N) is 2. The average molecular weight is 308 g/mol. The molecule has 1 aliphatic rings. The van der Waals surface area contributed by atoms with E-state index in [-0.39, 0.29) is 10.8 Å². The molecule has 0 saturated carbocycles. The molecule has 1 fully saturated rings. The van der Waals surface area contributed by atoms with Gasteiger partial charge in [-0.15, -0.1) is 0 Å². The van der Waals surface area contributed by atoms with Crippen molar-refractivity contribution in [2.24, 2.45) is 0 Å². The zero-order chi connectivity index (χ0) is 15.1. The summed E-state index contributed by atoms with van der Waals surface area (Å²) >= 11 is 1.94. The number of urea groups is 1.